The van der Waals surface area contributed by atoms with Crippen LogP contribution >= 0.6 is 11.8 Å². The first-order valence-electron chi connectivity index (χ1n) is 14.4. The molecule has 210 valence electrons. The summed E-state index contributed by atoms with van der Waals surface area (Å²) < 4.78 is -0.644. The number of benzene rings is 1. The van der Waals surface area contributed by atoms with Crippen LogP contribution in [-0.2, 0) is 20.9 Å². The molecular weight excluding hydrogens is 510 g/mol. The number of β-amino-alcohol motifs (C(OH)–C–C–N with tert-alkyl or cyclic N) is 1. The molecular formula is C31H41N3O4S. The van der Waals surface area contributed by atoms with Crippen molar-refractivity contribution >= 4 is 29.5 Å². The second-order valence-electron chi connectivity index (χ2n) is 11.4. The van der Waals surface area contributed by atoms with Gasteiger partial charge in [-0.05, 0) is 31.2 Å². The van der Waals surface area contributed by atoms with Gasteiger partial charge >= 0.3 is 0 Å². The molecule has 39 heavy (non-hydrogen) atoms. The number of hydrogen-bond acceptors (Lipinski definition) is 5. The Hall–Kier alpha value is -2.58. The minimum absolute atomic E-state index is 0.00338. The van der Waals surface area contributed by atoms with E-state index < -0.39 is 22.6 Å². The number of rotatable bonds is 11. The van der Waals surface area contributed by atoms with Crippen molar-refractivity contribution in [2.24, 2.45) is 11.8 Å². The number of likely N-dealkylation sites (tertiary alicyclic amines) is 1. The molecule has 3 aliphatic heterocycles. The van der Waals surface area contributed by atoms with E-state index in [1.54, 1.807) is 33.7 Å². The van der Waals surface area contributed by atoms with Gasteiger partial charge in [0.05, 0.1) is 23.2 Å². The van der Waals surface area contributed by atoms with Crippen LogP contribution in [0, 0.1) is 11.8 Å². The summed E-state index contributed by atoms with van der Waals surface area (Å²) in [6, 6.07) is 9.33. The Labute approximate surface area is 236 Å². The highest BCUT2D eigenvalue weighted by molar-refractivity contribution is 8.02. The fraction of sp³-hybridized carbons (Fsp3) is 0.581. The molecule has 4 aliphatic rings. The van der Waals surface area contributed by atoms with E-state index in [9.17, 15) is 19.5 Å². The van der Waals surface area contributed by atoms with Crippen molar-refractivity contribution in [3.05, 3.63) is 61.2 Å². The van der Waals surface area contributed by atoms with Crippen molar-refractivity contribution in [2.45, 2.75) is 73.6 Å². The van der Waals surface area contributed by atoms with Crippen molar-refractivity contribution in [3.63, 3.8) is 0 Å². The van der Waals surface area contributed by atoms with Crippen LogP contribution in [0.25, 0.3) is 0 Å². The summed E-state index contributed by atoms with van der Waals surface area (Å²) in [6.45, 7) is 8.97. The number of fused-ring (bicyclic) bond motifs is 1. The number of amides is 3. The topological polar surface area (TPSA) is 81.2 Å². The van der Waals surface area contributed by atoms with Gasteiger partial charge in [-0.15, -0.1) is 24.9 Å². The summed E-state index contributed by atoms with van der Waals surface area (Å²) in [6.07, 6.45) is 10.3. The summed E-state index contributed by atoms with van der Waals surface area (Å²) in [4.78, 5) is 48.1. The van der Waals surface area contributed by atoms with Crippen LogP contribution in [0.4, 0.5) is 0 Å². The Morgan fingerprint density at radius 1 is 1.05 bits per heavy atom. The van der Waals surface area contributed by atoms with E-state index in [-0.39, 0.29) is 42.2 Å². The average molecular weight is 552 g/mol. The van der Waals surface area contributed by atoms with Gasteiger partial charge in [0, 0.05) is 37.5 Å². The van der Waals surface area contributed by atoms with E-state index in [0.717, 1.165) is 44.1 Å². The molecule has 0 radical (unpaired) electrons. The lowest BCUT2D eigenvalue weighted by Crippen LogP contribution is -2.57. The monoisotopic (exact) mass is 551 g/mol. The molecule has 1 N–H and O–H groups in total. The molecule has 1 aliphatic carbocycles. The maximum atomic E-state index is 14.4. The van der Waals surface area contributed by atoms with E-state index in [4.69, 9.17) is 0 Å². The summed E-state index contributed by atoms with van der Waals surface area (Å²) in [5.41, 5.74) is 1.03. The maximum Gasteiger partial charge on any atom is 0.247 e. The molecule has 1 spiro atoms. The molecule has 3 saturated heterocycles. The first-order chi connectivity index (χ1) is 19.0. The predicted octanol–water partition coefficient (Wildman–Crippen LogP) is 3.63. The standard InChI is InChI=1S/C31H41N3O4S/c1-3-17-32(21-22-11-7-5-8-12-22)28(36)25-24-15-16-31(39-24)26(25)29(37)34(19-20-35)27(31)30(38)33(18-4-2)23-13-9-6-10-14-23/h3-5,7-8,11-12,23-27,35H,1-2,6,9-10,13-21H2/t24-,25+,26+,27?,31?/m1/s1. The van der Waals surface area contributed by atoms with Crippen molar-refractivity contribution in [3.8, 4) is 0 Å². The summed E-state index contributed by atoms with van der Waals surface area (Å²) >= 11 is 1.69. The Balaban J connectivity index is 1.47. The number of carbonyl (C=O) groups is 3. The van der Waals surface area contributed by atoms with Crippen LogP contribution in [0.1, 0.15) is 50.5 Å². The number of hydrogen-bond donors (Lipinski definition) is 1. The minimum Gasteiger partial charge on any atom is -0.395 e. The largest absolute Gasteiger partial charge is 0.395 e. The smallest absolute Gasteiger partial charge is 0.247 e. The molecule has 1 aromatic rings. The van der Waals surface area contributed by atoms with Crippen LogP contribution in [0.5, 0.6) is 0 Å². The van der Waals surface area contributed by atoms with Crippen molar-refractivity contribution in [2.75, 3.05) is 26.2 Å². The Kier molecular flexibility index (Phi) is 8.52. The van der Waals surface area contributed by atoms with Crippen molar-refractivity contribution in [1.29, 1.82) is 0 Å². The van der Waals surface area contributed by atoms with E-state index >= 15 is 0 Å². The molecule has 3 amide bonds. The first-order valence-corrected chi connectivity index (χ1v) is 15.3. The van der Waals surface area contributed by atoms with Gasteiger partial charge in [0.25, 0.3) is 0 Å². The lowest BCUT2D eigenvalue weighted by Gasteiger charge is -2.41. The minimum atomic E-state index is -0.668. The quantitative estimate of drug-likeness (QED) is 0.425. The third-order valence-electron chi connectivity index (χ3n) is 9.16. The third kappa shape index (κ3) is 4.95. The normalized spacial score (nSPS) is 29.8. The van der Waals surface area contributed by atoms with Crippen molar-refractivity contribution in [1.82, 2.24) is 14.7 Å². The van der Waals surface area contributed by atoms with Crippen molar-refractivity contribution < 1.29 is 19.5 Å². The van der Waals surface area contributed by atoms with E-state index in [0.29, 0.717) is 19.6 Å². The highest BCUT2D eigenvalue weighted by Gasteiger charge is 2.74. The zero-order valence-corrected chi connectivity index (χ0v) is 23.6. The third-order valence-corrected chi connectivity index (χ3v) is 11.1. The van der Waals surface area contributed by atoms with Gasteiger partial charge < -0.3 is 19.8 Å². The molecule has 7 nitrogen and oxygen atoms in total. The van der Waals surface area contributed by atoms with Gasteiger partial charge in [-0.25, -0.2) is 0 Å². The lowest BCUT2D eigenvalue weighted by molar-refractivity contribution is -0.146. The van der Waals surface area contributed by atoms with Gasteiger partial charge in [-0.3, -0.25) is 14.4 Å². The number of aliphatic hydroxyl groups is 1. The average Bonchev–Trinajstić information content (AvgIpc) is 3.60. The van der Waals surface area contributed by atoms with Crippen LogP contribution in [0.3, 0.4) is 0 Å². The van der Waals surface area contributed by atoms with E-state index in [1.807, 2.05) is 35.2 Å². The summed E-state index contributed by atoms with van der Waals surface area (Å²) in [5, 5.41) is 9.94. The molecule has 5 rings (SSSR count). The van der Waals surface area contributed by atoms with E-state index in [2.05, 4.69) is 13.2 Å². The first kappa shape index (κ1) is 28.0. The molecule has 5 atom stereocenters. The molecule has 2 bridgehead atoms. The van der Waals surface area contributed by atoms with Gasteiger partial charge in [0.2, 0.25) is 17.7 Å². The highest BCUT2D eigenvalue weighted by atomic mass is 32.2. The summed E-state index contributed by atoms with van der Waals surface area (Å²) in [5.74, 6) is -1.28. The van der Waals surface area contributed by atoms with Gasteiger partial charge in [0.1, 0.15) is 6.04 Å². The van der Waals surface area contributed by atoms with Crippen LogP contribution in [0.15, 0.2) is 55.6 Å². The molecule has 2 unspecified atom stereocenters. The van der Waals surface area contributed by atoms with Gasteiger partial charge in [0.15, 0.2) is 0 Å². The van der Waals surface area contributed by atoms with E-state index in [1.165, 1.54) is 6.42 Å². The SMILES string of the molecule is C=CCN(Cc1ccccc1)C(=O)[C@@H]1[C@H]2C(=O)N(CCO)C(C(=O)N(CC=C)C3CCCCC3)C23CC[C@H]1S3. The Morgan fingerprint density at radius 2 is 1.77 bits per heavy atom. The van der Waals surface area contributed by atoms with Gasteiger partial charge in [-0.1, -0.05) is 61.7 Å². The lowest BCUT2D eigenvalue weighted by atomic mass is 9.70. The Bertz CT molecular complexity index is 1090. The molecule has 1 aromatic carbocycles. The molecule has 0 aromatic heterocycles. The van der Waals surface area contributed by atoms with Gasteiger partial charge in [-0.2, -0.15) is 0 Å². The second kappa shape index (κ2) is 11.9. The fourth-order valence-electron chi connectivity index (χ4n) is 7.57. The Morgan fingerprint density at radius 3 is 2.44 bits per heavy atom. The maximum absolute atomic E-state index is 14.4. The number of aliphatic hydroxyl groups excluding tert-OH is 1. The van der Waals surface area contributed by atoms with Crippen LogP contribution in [0.2, 0.25) is 0 Å². The molecule has 3 heterocycles. The predicted molar refractivity (Wildman–Crippen MR) is 154 cm³/mol. The number of nitrogens with zero attached hydrogens (tertiary/aromatic N) is 3. The molecule has 8 heteroatoms. The zero-order valence-electron chi connectivity index (χ0n) is 22.7. The molecule has 1 saturated carbocycles. The number of carbonyl (C=O) groups excluding carboxylic acids is 3. The summed E-state index contributed by atoms with van der Waals surface area (Å²) in [7, 11) is 0. The highest BCUT2D eigenvalue weighted by Crippen LogP contribution is 2.66. The fourth-order valence-corrected chi connectivity index (χ4v) is 9.78. The zero-order chi connectivity index (χ0) is 27.6. The molecule has 4 fully saturated rings. The van der Waals surface area contributed by atoms with Crippen LogP contribution < -0.4 is 0 Å². The number of thioether (sulfide) groups is 1. The van der Waals surface area contributed by atoms with Crippen LogP contribution in [-0.4, -0.2) is 85.8 Å². The second-order valence-corrected chi connectivity index (χ2v) is 13.0.